The summed E-state index contributed by atoms with van der Waals surface area (Å²) in [5.74, 6) is 0.405. The highest BCUT2D eigenvalue weighted by Gasteiger charge is 2.19. The Labute approximate surface area is 287 Å². The molecular formula is C40H53N5O3. The molecule has 2 heterocycles. The van der Waals surface area contributed by atoms with Crippen LogP contribution in [0, 0.1) is 11.5 Å². The van der Waals surface area contributed by atoms with Gasteiger partial charge in [-0.15, -0.1) is 0 Å². The van der Waals surface area contributed by atoms with Crippen LogP contribution < -0.4 is 24.8 Å². The number of amides is 1. The zero-order valence-corrected chi connectivity index (χ0v) is 29.4. The SMILES string of the molecule is C=C(CCC)c1ccc(C(=O)NC#N)cc1N(C)Cc1ccc(OCc2cc(N3CCCC3)ccc2N2CCOCC2)cc1.CCCC. The van der Waals surface area contributed by atoms with Crippen LogP contribution in [0.5, 0.6) is 5.75 Å². The monoisotopic (exact) mass is 651 g/mol. The van der Waals surface area contributed by atoms with Gasteiger partial charge in [0.25, 0.3) is 5.91 Å². The number of hydrogen-bond acceptors (Lipinski definition) is 7. The molecule has 1 N–H and O–H groups in total. The fourth-order valence-corrected chi connectivity index (χ4v) is 6.03. The maximum atomic E-state index is 12.4. The van der Waals surface area contributed by atoms with E-state index >= 15 is 0 Å². The Balaban J connectivity index is 0.00000123. The minimum absolute atomic E-state index is 0.418. The van der Waals surface area contributed by atoms with E-state index in [1.165, 1.54) is 42.6 Å². The normalized spacial score (nSPS) is 14.1. The smallest absolute Gasteiger partial charge is 0.264 e. The average Bonchev–Trinajstić information content (AvgIpc) is 3.67. The first kappa shape index (κ1) is 36.4. The summed E-state index contributed by atoms with van der Waals surface area (Å²) in [5.41, 5.74) is 8.18. The van der Waals surface area contributed by atoms with Gasteiger partial charge in [0.05, 0.1) is 13.2 Å². The molecule has 2 saturated heterocycles. The predicted molar refractivity (Wildman–Crippen MR) is 198 cm³/mol. The third-order valence-corrected chi connectivity index (χ3v) is 8.90. The number of carbonyl (C=O) groups is 1. The molecule has 2 aliphatic heterocycles. The van der Waals surface area contributed by atoms with Crippen LogP contribution in [0.25, 0.3) is 5.57 Å². The first-order chi connectivity index (χ1) is 23.4. The number of morpholine rings is 1. The molecule has 0 saturated carbocycles. The Kier molecular flexibility index (Phi) is 14.2. The van der Waals surface area contributed by atoms with Gasteiger partial charge in [-0.1, -0.05) is 64.8 Å². The van der Waals surface area contributed by atoms with Crippen molar-refractivity contribution in [3.8, 4) is 11.9 Å². The first-order valence-electron chi connectivity index (χ1n) is 17.5. The number of nitrogens with one attached hydrogen (secondary N) is 1. The molecule has 48 heavy (non-hydrogen) atoms. The van der Waals surface area contributed by atoms with Gasteiger partial charge in [-0.05, 0) is 72.9 Å². The van der Waals surface area contributed by atoms with Gasteiger partial charge in [-0.3, -0.25) is 10.1 Å². The van der Waals surface area contributed by atoms with Crippen molar-refractivity contribution in [2.24, 2.45) is 0 Å². The molecule has 256 valence electrons. The molecule has 0 atom stereocenters. The van der Waals surface area contributed by atoms with E-state index < -0.39 is 5.91 Å². The number of nitrogens with zero attached hydrogens (tertiary/aromatic N) is 4. The van der Waals surface area contributed by atoms with E-state index in [1.54, 1.807) is 12.3 Å². The number of rotatable bonds is 13. The molecule has 0 unspecified atom stereocenters. The summed E-state index contributed by atoms with van der Waals surface area (Å²) < 4.78 is 12.0. The molecule has 3 aromatic rings. The molecule has 0 aliphatic carbocycles. The highest BCUT2D eigenvalue weighted by atomic mass is 16.5. The fourth-order valence-electron chi connectivity index (χ4n) is 6.03. The lowest BCUT2D eigenvalue weighted by molar-refractivity contribution is 0.0973. The molecule has 0 radical (unpaired) electrons. The van der Waals surface area contributed by atoms with Gasteiger partial charge < -0.3 is 24.2 Å². The fraction of sp³-hybridized carbons (Fsp3) is 0.450. The Bertz CT molecular complexity index is 1520. The van der Waals surface area contributed by atoms with Crippen LogP contribution >= 0.6 is 0 Å². The summed E-state index contributed by atoms with van der Waals surface area (Å²) in [7, 11) is 2.01. The summed E-state index contributed by atoms with van der Waals surface area (Å²) in [6, 6.07) is 20.5. The van der Waals surface area contributed by atoms with Gasteiger partial charge >= 0.3 is 0 Å². The standard InChI is InChI=1S/C36H43N5O3.C4H10/c1-4-7-27(2)33-14-10-29(36(42)38-26-37)23-35(33)39(3)24-28-8-12-32(13-9-28)44-25-30-22-31(40-16-5-6-17-40)11-15-34(30)41-18-20-43-21-19-41;1-3-4-2/h8-15,22-23H,2,4-7,16-21,24-25H2,1,3H3,(H,38,42);3-4H2,1-2H3. The van der Waals surface area contributed by atoms with Crippen molar-refractivity contribution in [1.82, 2.24) is 5.32 Å². The highest BCUT2D eigenvalue weighted by molar-refractivity contribution is 5.97. The van der Waals surface area contributed by atoms with Gasteiger partial charge in [-0.2, -0.15) is 5.26 Å². The molecule has 5 rings (SSSR count). The molecule has 1 amide bonds. The number of ether oxygens (including phenoxy) is 2. The first-order valence-corrected chi connectivity index (χ1v) is 17.5. The van der Waals surface area contributed by atoms with Gasteiger partial charge in [-0.25, -0.2) is 0 Å². The molecule has 8 nitrogen and oxygen atoms in total. The second-order valence-electron chi connectivity index (χ2n) is 12.5. The van der Waals surface area contributed by atoms with E-state index in [4.69, 9.17) is 14.7 Å². The maximum Gasteiger partial charge on any atom is 0.264 e. The predicted octanol–water partition coefficient (Wildman–Crippen LogP) is 8.17. The topological polar surface area (TPSA) is 81.1 Å². The van der Waals surface area contributed by atoms with Crippen LogP contribution in [0.4, 0.5) is 17.1 Å². The zero-order chi connectivity index (χ0) is 34.3. The second kappa shape index (κ2) is 18.8. The van der Waals surface area contributed by atoms with Crippen LogP contribution in [0.1, 0.15) is 86.3 Å². The number of benzene rings is 3. The molecule has 0 aromatic heterocycles. The van der Waals surface area contributed by atoms with Crippen molar-refractivity contribution in [3.05, 3.63) is 89.5 Å². The lowest BCUT2D eigenvalue weighted by atomic mass is 9.98. The number of unbranched alkanes of at least 4 members (excludes halogenated alkanes) is 1. The molecular weight excluding hydrogens is 598 g/mol. The molecule has 0 bridgehead atoms. The van der Waals surface area contributed by atoms with Gasteiger partial charge in [0.15, 0.2) is 6.19 Å². The maximum absolute atomic E-state index is 12.4. The van der Waals surface area contributed by atoms with Crippen molar-refractivity contribution in [1.29, 1.82) is 5.26 Å². The minimum Gasteiger partial charge on any atom is -0.489 e. The molecule has 0 spiro atoms. The number of anilines is 3. The van der Waals surface area contributed by atoms with Crippen LogP contribution in [-0.2, 0) is 17.9 Å². The van der Waals surface area contributed by atoms with Crippen molar-refractivity contribution in [3.63, 3.8) is 0 Å². The van der Waals surface area contributed by atoms with E-state index in [1.807, 2.05) is 31.3 Å². The number of nitriles is 1. The summed E-state index contributed by atoms with van der Waals surface area (Å²) in [5, 5.41) is 11.1. The molecule has 8 heteroatoms. The number of allylic oxidation sites excluding steroid dienone is 1. The van der Waals surface area contributed by atoms with E-state index in [-0.39, 0.29) is 0 Å². The van der Waals surface area contributed by atoms with Crippen molar-refractivity contribution in [2.45, 2.75) is 72.4 Å². The van der Waals surface area contributed by atoms with Gasteiger partial charge in [0.2, 0.25) is 0 Å². The number of carbonyl (C=O) groups excluding carboxylic acids is 1. The second-order valence-corrected chi connectivity index (χ2v) is 12.5. The Hall–Kier alpha value is -4.48. The van der Waals surface area contributed by atoms with Crippen LogP contribution in [0.2, 0.25) is 0 Å². The summed E-state index contributed by atoms with van der Waals surface area (Å²) in [6.45, 7) is 17.4. The Morgan fingerprint density at radius 2 is 1.65 bits per heavy atom. The Morgan fingerprint density at radius 3 is 2.29 bits per heavy atom. The number of hydrogen-bond donors (Lipinski definition) is 1. The minimum atomic E-state index is -0.418. The average molecular weight is 652 g/mol. The third-order valence-electron chi connectivity index (χ3n) is 8.90. The van der Waals surface area contributed by atoms with Gasteiger partial charge in [0, 0.05) is 73.5 Å². The molecule has 2 fully saturated rings. The van der Waals surface area contributed by atoms with Crippen LogP contribution in [-0.4, -0.2) is 52.3 Å². The largest absolute Gasteiger partial charge is 0.489 e. The van der Waals surface area contributed by atoms with E-state index in [0.29, 0.717) is 18.7 Å². The van der Waals surface area contributed by atoms with E-state index in [9.17, 15) is 4.79 Å². The molecule has 2 aliphatic rings. The Morgan fingerprint density at radius 1 is 0.938 bits per heavy atom. The van der Waals surface area contributed by atoms with Gasteiger partial charge in [0.1, 0.15) is 12.4 Å². The molecule has 3 aromatic carbocycles. The summed E-state index contributed by atoms with van der Waals surface area (Å²) in [6.07, 6.45) is 8.70. The lowest BCUT2D eigenvalue weighted by Crippen LogP contribution is -2.37. The van der Waals surface area contributed by atoms with Crippen molar-refractivity contribution < 1.29 is 14.3 Å². The van der Waals surface area contributed by atoms with Crippen molar-refractivity contribution in [2.75, 3.05) is 61.1 Å². The highest BCUT2D eigenvalue weighted by Crippen LogP contribution is 2.32. The van der Waals surface area contributed by atoms with E-state index in [2.05, 4.69) is 77.7 Å². The van der Waals surface area contributed by atoms with Crippen LogP contribution in [0.15, 0.2) is 67.2 Å². The van der Waals surface area contributed by atoms with E-state index in [0.717, 1.165) is 80.4 Å². The summed E-state index contributed by atoms with van der Waals surface area (Å²) in [4.78, 5) is 19.4. The quantitative estimate of drug-likeness (QED) is 0.148. The lowest BCUT2D eigenvalue weighted by Gasteiger charge is -2.31. The zero-order valence-electron chi connectivity index (χ0n) is 29.4. The summed E-state index contributed by atoms with van der Waals surface area (Å²) >= 11 is 0. The van der Waals surface area contributed by atoms with Crippen LogP contribution in [0.3, 0.4) is 0 Å². The van der Waals surface area contributed by atoms with Crippen molar-refractivity contribution >= 4 is 28.5 Å². The third kappa shape index (κ3) is 10.0.